The summed E-state index contributed by atoms with van der Waals surface area (Å²) in [6.07, 6.45) is 1.12. The summed E-state index contributed by atoms with van der Waals surface area (Å²) in [6, 6.07) is 15.2. The van der Waals surface area contributed by atoms with Crippen molar-refractivity contribution in [2.24, 2.45) is 0 Å². The van der Waals surface area contributed by atoms with Gasteiger partial charge in [0.1, 0.15) is 5.75 Å². The number of aryl methyl sites for hydroxylation is 1. The van der Waals surface area contributed by atoms with E-state index in [1.807, 2.05) is 60.0 Å². The van der Waals surface area contributed by atoms with Crippen molar-refractivity contribution in [2.75, 3.05) is 18.2 Å². The maximum atomic E-state index is 12.4. The Kier molecular flexibility index (Phi) is 8.88. The van der Waals surface area contributed by atoms with E-state index in [9.17, 15) is 9.59 Å². The lowest BCUT2D eigenvalue weighted by atomic mass is 10.1. The molecule has 3 rings (SSSR count). The topological polar surface area (TPSA) is 98.1 Å². The molecule has 0 spiro atoms. The molecule has 2 amide bonds. The molecule has 0 aliphatic carbocycles. The molecule has 0 aliphatic rings. The standard InChI is InChI=1S/C24H29N5O3S/c1-4-18-8-6-7-9-20(18)26-23(31)16-33-24-28-27-21(29(24)5-2)15-25-22(30)14-17-10-12-19(32-3)13-11-17/h6-13H,4-5,14-16H2,1-3H3,(H,25,30)(H,26,31). The van der Waals surface area contributed by atoms with Gasteiger partial charge in [-0.3, -0.25) is 9.59 Å². The molecule has 33 heavy (non-hydrogen) atoms. The number of amides is 2. The van der Waals surface area contributed by atoms with Crippen molar-refractivity contribution < 1.29 is 14.3 Å². The molecule has 1 aromatic heterocycles. The number of anilines is 1. The number of thioether (sulfide) groups is 1. The fraction of sp³-hybridized carbons (Fsp3) is 0.333. The summed E-state index contributed by atoms with van der Waals surface area (Å²) in [5.41, 5.74) is 2.83. The molecule has 0 saturated heterocycles. The van der Waals surface area contributed by atoms with E-state index in [1.165, 1.54) is 11.8 Å². The van der Waals surface area contributed by atoms with Gasteiger partial charge in [0.25, 0.3) is 0 Å². The van der Waals surface area contributed by atoms with Crippen LogP contribution in [0.5, 0.6) is 5.75 Å². The van der Waals surface area contributed by atoms with E-state index < -0.39 is 0 Å². The third-order valence-electron chi connectivity index (χ3n) is 5.08. The smallest absolute Gasteiger partial charge is 0.234 e. The third kappa shape index (κ3) is 6.82. The van der Waals surface area contributed by atoms with E-state index >= 15 is 0 Å². The van der Waals surface area contributed by atoms with Crippen LogP contribution < -0.4 is 15.4 Å². The highest BCUT2D eigenvalue weighted by atomic mass is 32.2. The van der Waals surface area contributed by atoms with Crippen molar-refractivity contribution in [3.63, 3.8) is 0 Å². The molecule has 9 heteroatoms. The van der Waals surface area contributed by atoms with Crippen LogP contribution in [0.1, 0.15) is 30.8 Å². The summed E-state index contributed by atoms with van der Waals surface area (Å²) in [7, 11) is 1.61. The van der Waals surface area contributed by atoms with E-state index in [0.29, 0.717) is 17.5 Å². The number of benzene rings is 2. The number of nitrogens with zero attached hydrogens (tertiary/aromatic N) is 3. The van der Waals surface area contributed by atoms with Gasteiger partial charge in [0, 0.05) is 12.2 Å². The number of carbonyl (C=O) groups excluding carboxylic acids is 2. The molecule has 0 saturated carbocycles. The minimum atomic E-state index is -0.103. The predicted octanol–water partition coefficient (Wildman–Crippen LogP) is 3.46. The average molecular weight is 468 g/mol. The highest BCUT2D eigenvalue weighted by molar-refractivity contribution is 7.99. The van der Waals surface area contributed by atoms with Crippen molar-refractivity contribution in [1.29, 1.82) is 0 Å². The van der Waals surface area contributed by atoms with Crippen LogP contribution in [-0.2, 0) is 35.5 Å². The Hall–Kier alpha value is -3.33. The average Bonchev–Trinajstić information content (AvgIpc) is 3.24. The Morgan fingerprint density at radius 2 is 1.79 bits per heavy atom. The maximum absolute atomic E-state index is 12.4. The van der Waals surface area contributed by atoms with Crippen LogP contribution in [0.3, 0.4) is 0 Å². The van der Waals surface area contributed by atoms with Crippen molar-refractivity contribution in [2.45, 2.75) is 44.9 Å². The first-order valence-electron chi connectivity index (χ1n) is 10.9. The van der Waals surface area contributed by atoms with Crippen molar-refractivity contribution in [3.8, 4) is 5.75 Å². The number of hydrogen-bond acceptors (Lipinski definition) is 6. The van der Waals surface area contributed by atoms with Gasteiger partial charge in [-0.05, 0) is 42.7 Å². The predicted molar refractivity (Wildman–Crippen MR) is 129 cm³/mol. The summed E-state index contributed by atoms with van der Waals surface area (Å²) in [6.45, 7) is 4.94. The molecule has 3 aromatic rings. The minimum Gasteiger partial charge on any atom is -0.497 e. The van der Waals surface area contributed by atoms with Crippen LogP contribution in [0.2, 0.25) is 0 Å². The van der Waals surface area contributed by atoms with E-state index in [2.05, 4.69) is 27.8 Å². The van der Waals surface area contributed by atoms with Gasteiger partial charge in [-0.25, -0.2) is 0 Å². The third-order valence-corrected chi connectivity index (χ3v) is 6.05. The zero-order chi connectivity index (χ0) is 23.6. The number of para-hydroxylation sites is 1. The first kappa shape index (κ1) is 24.3. The first-order chi connectivity index (χ1) is 16.0. The second kappa shape index (κ2) is 12.1. The molecule has 174 valence electrons. The Labute approximate surface area is 198 Å². The number of ether oxygens (including phenoxy) is 1. The van der Waals surface area contributed by atoms with Gasteiger partial charge in [-0.2, -0.15) is 0 Å². The number of nitrogens with one attached hydrogen (secondary N) is 2. The first-order valence-corrected chi connectivity index (χ1v) is 11.8. The molecule has 1 heterocycles. The molecule has 0 unspecified atom stereocenters. The fourth-order valence-electron chi connectivity index (χ4n) is 3.31. The van der Waals surface area contributed by atoms with Gasteiger partial charge in [0.05, 0.1) is 25.8 Å². The Bertz CT molecular complexity index is 1080. The van der Waals surface area contributed by atoms with E-state index in [4.69, 9.17) is 4.74 Å². The summed E-state index contributed by atoms with van der Waals surface area (Å²) in [5.74, 6) is 1.43. The molecule has 2 aromatic carbocycles. The lowest BCUT2D eigenvalue weighted by Gasteiger charge is -2.10. The van der Waals surface area contributed by atoms with Crippen LogP contribution in [0.25, 0.3) is 0 Å². The van der Waals surface area contributed by atoms with Crippen LogP contribution in [0.4, 0.5) is 5.69 Å². The van der Waals surface area contributed by atoms with Gasteiger partial charge >= 0.3 is 0 Å². The monoisotopic (exact) mass is 467 g/mol. The van der Waals surface area contributed by atoms with Gasteiger partial charge in [-0.15, -0.1) is 10.2 Å². The molecule has 0 radical (unpaired) electrons. The Morgan fingerprint density at radius 1 is 1.03 bits per heavy atom. The van der Waals surface area contributed by atoms with Gasteiger partial charge in [0.15, 0.2) is 11.0 Å². The van der Waals surface area contributed by atoms with Gasteiger partial charge < -0.3 is 19.9 Å². The molecule has 0 fully saturated rings. The van der Waals surface area contributed by atoms with Crippen LogP contribution in [-0.4, -0.2) is 39.4 Å². The maximum Gasteiger partial charge on any atom is 0.234 e. The molecule has 0 aliphatic heterocycles. The van der Waals surface area contributed by atoms with E-state index in [-0.39, 0.29) is 30.5 Å². The SMILES string of the molecule is CCc1ccccc1NC(=O)CSc1nnc(CNC(=O)Cc2ccc(OC)cc2)n1CC. The highest BCUT2D eigenvalue weighted by Crippen LogP contribution is 2.19. The Morgan fingerprint density at radius 3 is 2.48 bits per heavy atom. The summed E-state index contributed by atoms with van der Waals surface area (Å²) in [5, 5.41) is 14.9. The van der Waals surface area contributed by atoms with Crippen LogP contribution >= 0.6 is 11.8 Å². The number of rotatable bonds is 11. The van der Waals surface area contributed by atoms with Crippen molar-refractivity contribution in [1.82, 2.24) is 20.1 Å². The van der Waals surface area contributed by atoms with E-state index in [0.717, 1.165) is 29.0 Å². The molecule has 2 N–H and O–H groups in total. The number of hydrogen-bond donors (Lipinski definition) is 2. The fourth-order valence-corrected chi connectivity index (χ4v) is 4.13. The molecular weight excluding hydrogens is 438 g/mol. The molecule has 0 atom stereocenters. The lowest BCUT2D eigenvalue weighted by molar-refractivity contribution is -0.120. The zero-order valence-corrected chi connectivity index (χ0v) is 19.9. The van der Waals surface area contributed by atoms with Crippen molar-refractivity contribution >= 4 is 29.3 Å². The second-order valence-electron chi connectivity index (χ2n) is 7.29. The zero-order valence-electron chi connectivity index (χ0n) is 19.1. The quantitative estimate of drug-likeness (QED) is 0.419. The summed E-state index contributed by atoms with van der Waals surface area (Å²) >= 11 is 1.33. The van der Waals surface area contributed by atoms with Crippen LogP contribution in [0.15, 0.2) is 53.7 Å². The summed E-state index contributed by atoms with van der Waals surface area (Å²) in [4.78, 5) is 24.8. The summed E-state index contributed by atoms with van der Waals surface area (Å²) < 4.78 is 7.04. The lowest BCUT2D eigenvalue weighted by Crippen LogP contribution is -2.26. The second-order valence-corrected chi connectivity index (χ2v) is 8.23. The largest absolute Gasteiger partial charge is 0.497 e. The van der Waals surface area contributed by atoms with Crippen LogP contribution in [0, 0.1) is 0 Å². The number of carbonyl (C=O) groups is 2. The van der Waals surface area contributed by atoms with E-state index in [1.54, 1.807) is 7.11 Å². The number of methoxy groups -OCH3 is 1. The van der Waals surface area contributed by atoms with Gasteiger partial charge in [0.2, 0.25) is 11.8 Å². The highest BCUT2D eigenvalue weighted by Gasteiger charge is 2.15. The molecule has 8 nitrogen and oxygen atoms in total. The molecular formula is C24H29N5O3S. The normalized spacial score (nSPS) is 10.6. The van der Waals surface area contributed by atoms with Crippen molar-refractivity contribution in [3.05, 3.63) is 65.5 Å². The Balaban J connectivity index is 1.52. The number of aromatic nitrogens is 3. The minimum absolute atomic E-state index is 0.0964. The molecule has 0 bridgehead atoms. The van der Waals surface area contributed by atoms with Gasteiger partial charge in [-0.1, -0.05) is 49.0 Å².